The summed E-state index contributed by atoms with van der Waals surface area (Å²) in [6.07, 6.45) is 0. The monoisotopic (exact) mass is 345 g/mol. The predicted molar refractivity (Wildman–Crippen MR) is 72.8 cm³/mol. The molecule has 0 aliphatic rings. The lowest BCUT2D eigenvalue weighted by molar-refractivity contribution is -0.385. The number of nitrogens with one attached hydrogen (secondary N) is 1. The van der Waals surface area contributed by atoms with E-state index in [1.54, 1.807) is 12.1 Å². The van der Waals surface area contributed by atoms with Crippen LogP contribution in [0.3, 0.4) is 0 Å². The average Bonchev–Trinajstić information content (AvgIpc) is 2.85. The minimum Gasteiger partial charge on any atom is -0.485 e. The van der Waals surface area contributed by atoms with Crippen LogP contribution in [0.4, 0.5) is 10.8 Å². The van der Waals surface area contributed by atoms with Gasteiger partial charge < -0.3 is 4.74 Å². The first-order chi connectivity index (χ1) is 9.11. The Labute approximate surface area is 119 Å². The second kappa shape index (κ2) is 5.91. The molecular weight excluding hydrogens is 338 g/mol. The van der Waals surface area contributed by atoms with Gasteiger partial charge in [0.2, 0.25) is 5.13 Å². The van der Waals surface area contributed by atoms with Crippen molar-refractivity contribution in [2.24, 2.45) is 5.84 Å². The normalized spacial score (nSPS) is 10.2. The van der Waals surface area contributed by atoms with E-state index in [-0.39, 0.29) is 12.3 Å². The smallest absolute Gasteiger partial charge is 0.287 e. The molecule has 8 nitrogen and oxygen atoms in total. The maximum absolute atomic E-state index is 10.8. The number of benzene rings is 1. The van der Waals surface area contributed by atoms with Crippen molar-refractivity contribution < 1.29 is 9.66 Å². The maximum atomic E-state index is 10.8. The molecule has 2 aromatic rings. The van der Waals surface area contributed by atoms with Crippen LogP contribution in [0.1, 0.15) is 5.01 Å². The summed E-state index contributed by atoms with van der Waals surface area (Å²) < 4.78 is 5.75. The van der Waals surface area contributed by atoms with E-state index in [1.807, 2.05) is 0 Å². The van der Waals surface area contributed by atoms with Crippen LogP contribution in [0.25, 0.3) is 0 Å². The molecule has 0 unspecified atom stereocenters. The lowest BCUT2D eigenvalue weighted by atomic mass is 10.3. The molecule has 100 valence electrons. The second-order valence-corrected chi connectivity index (χ2v) is 5.14. The molecule has 1 heterocycles. The van der Waals surface area contributed by atoms with Crippen molar-refractivity contribution in [2.45, 2.75) is 6.61 Å². The van der Waals surface area contributed by atoms with Gasteiger partial charge in [-0.2, -0.15) is 0 Å². The zero-order valence-corrected chi connectivity index (χ0v) is 11.8. The molecule has 0 spiro atoms. The third kappa shape index (κ3) is 3.16. The number of hydrogen-bond donors (Lipinski definition) is 2. The highest BCUT2D eigenvalue weighted by Crippen LogP contribution is 2.34. The van der Waals surface area contributed by atoms with Gasteiger partial charge in [-0.25, -0.2) is 5.84 Å². The highest BCUT2D eigenvalue weighted by Gasteiger charge is 2.16. The van der Waals surface area contributed by atoms with Gasteiger partial charge in [0.25, 0.3) is 5.69 Å². The number of nitrogen functional groups attached to an aromatic ring is 1. The van der Waals surface area contributed by atoms with E-state index in [1.165, 1.54) is 17.4 Å². The predicted octanol–water partition coefficient (Wildman–Crippen LogP) is 2.07. The number of nitrogens with zero attached hydrogens (tertiary/aromatic N) is 3. The third-order valence-corrected chi connectivity index (χ3v) is 3.71. The standard InChI is InChI=1S/C9H8BrN5O3S/c10-8-5(15(16)17)2-1-3-6(8)18-4-7-13-14-9(12-11)19-7/h1-3H,4,11H2,(H,12,14). The molecule has 3 N–H and O–H groups in total. The Bertz CT molecular complexity index is 605. The van der Waals surface area contributed by atoms with Gasteiger partial charge in [-0.05, 0) is 22.0 Å². The number of nitro benzene ring substituents is 1. The molecule has 1 aromatic carbocycles. The van der Waals surface area contributed by atoms with Crippen molar-refractivity contribution in [3.63, 3.8) is 0 Å². The SMILES string of the molecule is NNc1nnc(COc2cccc([N+](=O)[O-])c2Br)s1. The number of anilines is 1. The number of nitro groups is 1. The van der Waals surface area contributed by atoms with Crippen LogP contribution in [0.5, 0.6) is 5.75 Å². The summed E-state index contributed by atoms with van der Waals surface area (Å²) in [5, 5.41) is 19.4. The molecule has 0 saturated carbocycles. The van der Waals surface area contributed by atoms with Crippen molar-refractivity contribution in [3.05, 3.63) is 37.8 Å². The first kappa shape index (κ1) is 13.6. The van der Waals surface area contributed by atoms with Gasteiger partial charge in [0.1, 0.15) is 16.8 Å². The van der Waals surface area contributed by atoms with E-state index < -0.39 is 4.92 Å². The summed E-state index contributed by atoms with van der Waals surface area (Å²) in [6, 6.07) is 4.56. The summed E-state index contributed by atoms with van der Waals surface area (Å²) in [7, 11) is 0. The van der Waals surface area contributed by atoms with Crippen LogP contribution in [0.15, 0.2) is 22.7 Å². The zero-order valence-electron chi connectivity index (χ0n) is 9.37. The van der Waals surface area contributed by atoms with Gasteiger partial charge >= 0.3 is 0 Å². The number of hydrazine groups is 1. The molecule has 2 rings (SSSR count). The van der Waals surface area contributed by atoms with E-state index in [9.17, 15) is 10.1 Å². The van der Waals surface area contributed by atoms with Gasteiger partial charge in [0.15, 0.2) is 5.01 Å². The summed E-state index contributed by atoms with van der Waals surface area (Å²) in [6.45, 7) is 0.152. The number of aromatic nitrogens is 2. The fourth-order valence-corrected chi connectivity index (χ4v) is 2.35. The first-order valence-electron chi connectivity index (χ1n) is 4.96. The van der Waals surface area contributed by atoms with Crippen molar-refractivity contribution >= 4 is 38.1 Å². The van der Waals surface area contributed by atoms with Gasteiger partial charge in [-0.1, -0.05) is 17.4 Å². The van der Waals surface area contributed by atoms with Crippen LogP contribution in [-0.4, -0.2) is 15.1 Å². The number of hydrogen-bond acceptors (Lipinski definition) is 8. The lowest BCUT2D eigenvalue weighted by Gasteiger charge is -2.05. The number of rotatable bonds is 5. The van der Waals surface area contributed by atoms with Crippen LogP contribution in [0, 0.1) is 10.1 Å². The van der Waals surface area contributed by atoms with Gasteiger partial charge in [-0.15, -0.1) is 10.2 Å². The molecule has 0 aliphatic carbocycles. The van der Waals surface area contributed by atoms with Crippen molar-refractivity contribution in [1.82, 2.24) is 10.2 Å². The molecule has 19 heavy (non-hydrogen) atoms. The Kier molecular flexibility index (Phi) is 4.24. The number of nitrogens with two attached hydrogens (primary N) is 1. The summed E-state index contributed by atoms with van der Waals surface area (Å²) in [5.74, 6) is 5.55. The largest absolute Gasteiger partial charge is 0.485 e. The zero-order chi connectivity index (χ0) is 13.8. The Morgan fingerprint density at radius 2 is 2.32 bits per heavy atom. The molecule has 0 amide bonds. The number of halogens is 1. The van der Waals surface area contributed by atoms with Crippen LogP contribution < -0.4 is 16.0 Å². The lowest BCUT2D eigenvalue weighted by Crippen LogP contribution is -2.05. The van der Waals surface area contributed by atoms with Gasteiger partial charge in [-0.3, -0.25) is 15.5 Å². The van der Waals surface area contributed by atoms with Crippen molar-refractivity contribution in [3.8, 4) is 5.75 Å². The Balaban J connectivity index is 2.11. The Morgan fingerprint density at radius 3 is 2.95 bits per heavy atom. The van der Waals surface area contributed by atoms with E-state index in [0.717, 1.165) is 0 Å². The van der Waals surface area contributed by atoms with E-state index in [4.69, 9.17) is 10.6 Å². The van der Waals surface area contributed by atoms with Crippen LogP contribution >= 0.6 is 27.3 Å². The van der Waals surface area contributed by atoms with E-state index >= 15 is 0 Å². The maximum Gasteiger partial charge on any atom is 0.287 e. The van der Waals surface area contributed by atoms with Gasteiger partial charge in [0.05, 0.1) is 4.92 Å². The van der Waals surface area contributed by atoms with Crippen molar-refractivity contribution in [1.29, 1.82) is 0 Å². The molecule has 0 atom stereocenters. The highest BCUT2D eigenvalue weighted by molar-refractivity contribution is 9.10. The molecular formula is C9H8BrN5O3S. The second-order valence-electron chi connectivity index (χ2n) is 3.28. The molecule has 1 aromatic heterocycles. The minimum atomic E-state index is -0.488. The highest BCUT2D eigenvalue weighted by atomic mass is 79.9. The quantitative estimate of drug-likeness (QED) is 0.484. The Morgan fingerprint density at radius 1 is 1.53 bits per heavy atom. The van der Waals surface area contributed by atoms with Crippen LogP contribution in [-0.2, 0) is 6.61 Å². The molecule has 0 saturated heterocycles. The Hall–Kier alpha value is -1.78. The molecule has 0 bridgehead atoms. The van der Waals surface area contributed by atoms with Crippen LogP contribution in [0.2, 0.25) is 0 Å². The molecule has 10 heteroatoms. The first-order valence-corrected chi connectivity index (χ1v) is 6.57. The average molecular weight is 346 g/mol. The molecule has 0 fully saturated rings. The molecule has 0 radical (unpaired) electrons. The van der Waals surface area contributed by atoms with Gasteiger partial charge in [0, 0.05) is 6.07 Å². The summed E-state index contributed by atoms with van der Waals surface area (Å²) in [5.41, 5.74) is 2.32. The fraction of sp³-hybridized carbons (Fsp3) is 0.111. The summed E-state index contributed by atoms with van der Waals surface area (Å²) >= 11 is 4.38. The van der Waals surface area contributed by atoms with Crippen molar-refractivity contribution in [2.75, 3.05) is 5.43 Å². The fourth-order valence-electron chi connectivity index (χ4n) is 1.26. The number of ether oxygens (including phenoxy) is 1. The minimum absolute atomic E-state index is 0.0564. The summed E-state index contributed by atoms with van der Waals surface area (Å²) in [4.78, 5) is 10.3. The topological polar surface area (TPSA) is 116 Å². The third-order valence-electron chi connectivity index (χ3n) is 2.08. The molecule has 0 aliphatic heterocycles. The van der Waals surface area contributed by atoms with E-state index in [0.29, 0.717) is 20.4 Å². The van der Waals surface area contributed by atoms with E-state index in [2.05, 4.69) is 31.6 Å².